The van der Waals surface area contributed by atoms with Gasteiger partial charge in [0.2, 0.25) is 6.79 Å². The molecule has 142 valence electrons. The van der Waals surface area contributed by atoms with E-state index in [9.17, 15) is 14.4 Å². The van der Waals surface area contributed by atoms with Gasteiger partial charge in [0.25, 0.3) is 0 Å². The summed E-state index contributed by atoms with van der Waals surface area (Å²) in [4.78, 5) is 35.2. The van der Waals surface area contributed by atoms with E-state index in [-0.39, 0.29) is 32.1 Å². The number of carbonyl (C=O) groups is 3. The van der Waals surface area contributed by atoms with E-state index >= 15 is 0 Å². The van der Waals surface area contributed by atoms with Crippen molar-refractivity contribution in [2.24, 2.45) is 0 Å². The molecule has 8 nitrogen and oxygen atoms in total. The van der Waals surface area contributed by atoms with E-state index in [0.717, 1.165) is 0 Å². The van der Waals surface area contributed by atoms with Gasteiger partial charge in [-0.3, -0.25) is 9.59 Å². The topological polar surface area (TPSA) is 100 Å². The monoisotopic (exact) mass is 365 g/mol. The highest BCUT2D eigenvalue weighted by molar-refractivity contribution is 5.98. The van der Waals surface area contributed by atoms with Crippen molar-refractivity contribution in [1.82, 2.24) is 5.32 Å². The van der Waals surface area contributed by atoms with Crippen molar-refractivity contribution in [2.45, 2.75) is 39.2 Å². The summed E-state index contributed by atoms with van der Waals surface area (Å²) >= 11 is 0. The summed E-state index contributed by atoms with van der Waals surface area (Å²) in [6.45, 7) is 5.35. The lowest BCUT2D eigenvalue weighted by Gasteiger charge is -2.19. The molecule has 26 heavy (non-hydrogen) atoms. The molecule has 0 radical (unpaired) electrons. The first-order valence-electron chi connectivity index (χ1n) is 8.30. The maximum atomic E-state index is 12.1. The largest absolute Gasteiger partial charge is 0.457 e. The van der Waals surface area contributed by atoms with E-state index in [1.165, 1.54) is 0 Å². The van der Waals surface area contributed by atoms with Crippen molar-refractivity contribution in [3.63, 3.8) is 0 Å². The zero-order chi connectivity index (χ0) is 19.2. The van der Waals surface area contributed by atoms with Gasteiger partial charge in [0, 0.05) is 18.5 Å². The maximum absolute atomic E-state index is 12.1. The van der Waals surface area contributed by atoms with Crippen LogP contribution in [-0.4, -0.2) is 43.4 Å². The molecule has 1 aliphatic rings. The number of nitrogens with one attached hydrogen (secondary N) is 1. The third kappa shape index (κ3) is 6.27. The smallest absolute Gasteiger partial charge is 0.407 e. The summed E-state index contributed by atoms with van der Waals surface area (Å²) in [5.74, 6) is 0.236. The van der Waals surface area contributed by atoms with Crippen molar-refractivity contribution < 1.29 is 33.3 Å². The summed E-state index contributed by atoms with van der Waals surface area (Å²) in [6.07, 6.45) is -0.0654. The number of carbonyl (C=O) groups excluding carboxylic acids is 3. The van der Waals surface area contributed by atoms with Crippen LogP contribution in [0.25, 0.3) is 0 Å². The fourth-order valence-electron chi connectivity index (χ4n) is 2.11. The number of benzene rings is 1. The molecule has 0 saturated heterocycles. The van der Waals surface area contributed by atoms with Crippen molar-refractivity contribution in [3.05, 3.63) is 23.8 Å². The molecular weight excluding hydrogens is 342 g/mol. The Bertz CT molecular complexity index is 679. The number of fused-ring (bicyclic) bond motifs is 1. The molecule has 8 heteroatoms. The van der Waals surface area contributed by atoms with E-state index in [4.69, 9.17) is 18.9 Å². The molecule has 0 unspecified atom stereocenters. The van der Waals surface area contributed by atoms with Gasteiger partial charge in [-0.15, -0.1) is 0 Å². The highest BCUT2D eigenvalue weighted by Crippen LogP contribution is 2.32. The standard InChI is InChI=1S/C18H23NO7/c1-18(2,3)26-17(22)19-8-4-5-16(21)23-10-13(20)12-6-7-14-15(9-12)25-11-24-14/h6-7,9H,4-5,8,10-11H2,1-3H3,(H,19,22). The number of ketones is 1. The summed E-state index contributed by atoms with van der Waals surface area (Å²) in [5, 5.41) is 2.55. The molecular formula is C18H23NO7. The molecule has 0 saturated carbocycles. The highest BCUT2D eigenvalue weighted by Gasteiger charge is 2.18. The number of hydrogen-bond acceptors (Lipinski definition) is 7. The fraction of sp³-hybridized carbons (Fsp3) is 0.500. The third-order valence-electron chi connectivity index (χ3n) is 3.28. The van der Waals surface area contributed by atoms with E-state index in [2.05, 4.69) is 5.32 Å². The van der Waals surface area contributed by atoms with E-state index in [1.54, 1.807) is 39.0 Å². The second kappa shape index (κ2) is 8.55. The predicted molar refractivity (Wildman–Crippen MR) is 91.3 cm³/mol. The SMILES string of the molecule is CC(C)(C)OC(=O)NCCCC(=O)OCC(=O)c1ccc2c(c1)OCO2. The molecule has 2 rings (SSSR count). The average Bonchev–Trinajstić information content (AvgIpc) is 3.02. The van der Waals surface area contributed by atoms with Crippen LogP contribution in [0.5, 0.6) is 11.5 Å². The van der Waals surface area contributed by atoms with Crippen LogP contribution >= 0.6 is 0 Å². The highest BCUT2D eigenvalue weighted by atomic mass is 16.7. The Hall–Kier alpha value is -2.77. The molecule has 0 atom stereocenters. The lowest BCUT2D eigenvalue weighted by atomic mass is 10.1. The fourth-order valence-corrected chi connectivity index (χ4v) is 2.11. The van der Waals surface area contributed by atoms with Crippen LogP contribution in [-0.2, 0) is 14.3 Å². The first kappa shape index (κ1) is 19.6. The number of hydrogen-bond donors (Lipinski definition) is 1. The summed E-state index contributed by atoms with van der Waals surface area (Å²) in [6, 6.07) is 4.79. The zero-order valence-electron chi connectivity index (χ0n) is 15.1. The molecule has 0 spiro atoms. The van der Waals surface area contributed by atoms with Gasteiger partial charge in [-0.05, 0) is 45.4 Å². The number of Topliss-reactive ketones (excluding diaryl/α,β-unsaturated/α-hetero) is 1. The Kier molecular flexibility index (Phi) is 6.43. The van der Waals surface area contributed by atoms with Gasteiger partial charge in [-0.2, -0.15) is 0 Å². The van der Waals surface area contributed by atoms with E-state index in [1.807, 2.05) is 0 Å². The van der Waals surface area contributed by atoms with Gasteiger partial charge in [0.1, 0.15) is 5.60 Å². The Morgan fingerprint density at radius 3 is 2.62 bits per heavy atom. The molecule has 1 aliphatic heterocycles. The predicted octanol–water partition coefficient (Wildman–Crippen LogP) is 2.45. The first-order valence-corrected chi connectivity index (χ1v) is 8.30. The minimum atomic E-state index is -0.571. The minimum absolute atomic E-state index is 0.0875. The minimum Gasteiger partial charge on any atom is -0.457 e. The quantitative estimate of drug-likeness (QED) is 0.450. The van der Waals surface area contributed by atoms with Gasteiger partial charge >= 0.3 is 12.1 Å². The van der Waals surface area contributed by atoms with Crippen LogP contribution < -0.4 is 14.8 Å². The van der Waals surface area contributed by atoms with Gasteiger partial charge < -0.3 is 24.3 Å². The maximum Gasteiger partial charge on any atom is 0.407 e. The number of esters is 1. The molecule has 1 heterocycles. The molecule has 1 aromatic rings. The molecule has 1 aromatic carbocycles. The van der Waals surface area contributed by atoms with E-state index < -0.39 is 17.7 Å². The van der Waals surface area contributed by atoms with Crippen LogP contribution in [0, 0.1) is 0 Å². The molecule has 0 aromatic heterocycles. The Morgan fingerprint density at radius 2 is 1.88 bits per heavy atom. The molecule has 0 fully saturated rings. The lowest BCUT2D eigenvalue weighted by molar-refractivity contribution is -0.142. The summed E-state index contributed by atoms with van der Waals surface area (Å²) in [7, 11) is 0. The Labute approximate surface area is 151 Å². The molecule has 1 amide bonds. The van der Waals surface area contributed by atoms with Gasteiger partial charge in [-0.1, -0.05) is 0 Å². The first-order chi connectivity index (χ1) is 12.2. The van der Waals surface area contributed by atoms with Crippen LogP contribution in [0.2, 0.25) is 0 Å². The van der Waals surface area contributed by atoms with Gasteiger partial charge in [-0.25, -0.2) is 4.79 Å². The van der Waals surface area contributed by atoms with Crippen molar-refractivity contribution in [3.8, 4) is 11.5 Å². The van der Waals surface area contributed by atoms with Crippen LogP contribution in [0.1, 0.15) is 44.0 Å². The van der Waals surface area contributed by atoms with Crippen LogP contribution in [0.15, 0.2) is 18.2 Å². The average molecular weight is 365 g/mol. The number of amides is 1. The second-order valence-corrected chi connectivity index (χ2v) is 6.68. The van der Waals surface area contributed by atoms with Crippen LogP contribution in [0.4, 0.5) is 4.79 Å². The normalized spacial score (nSPS) is 12.4. The van der Waals surface area contributed by atoms with Crippen LogP contribution in [0.3, 0.4) is 0 Å². The number of rotatable bonds is 7. The van der Waals surface area contributed by atoms with Crippen molar-refractivity contribution >= 4 is 17.8 Å². The van der Waals surface area contributed by atoms with Gasteiger partial charge in [0.15, 0.2) is 23.9 Å². The lowest BCUT2D eigenvalue weighted by Crippen LogP contribution is -2.33. The van der Waals surface area contributed by atoms with E-state index in [0.29, 0.717) is 23.5 Å². The third-order valence-corrected chi connectivity index (χ3v) is 3.28. The van der Waals surface area contributed by atoms with Crippen molar-refractivity contribution in [2.75, 3.05) is 19.9 Å². The van der Waals surface area contributed by atoms with Gasteiger partial charge in [0.05, 0.1) is 0 Å². The Balaban J connectivity index is 1.64. The Morgan fingerprint density at radius 1 is 1.15 bits per heavy atom. The summed E-state index contributed by atoms with van der Waals surface area (Å²) < 4.78 is 20.4. The number of ether oxygens (including phenoxy) is 4. The molecule has 0 aliphatic carbocycles. The number of alkyl carbamates (subject to hydrolysis) is 1. The molecule has 1 N–H and O–H groups in total. The zero-order valence-corrected chi connectivity index (χ0v) is 15.1. The molecule has 0 bridgehead atoms. The second-order valence-electron chi connectivity index (χ2n) is 6.68. The van der Waals surface area contributed by atoms with Crippen molar-refractivity contribution in [1.29, 1.82) is 0 Å². The summed E-state index contributed by atoms with van der Waals surface area (Å²) in [5.41, 5.74) is -0.188.